The second-order valence-electron chi connectivity index (χ2n) is 7.99. The molecular weight excluding hydrogens is 511 g/mol. The van der Waals surface area contributed by atoms with E-state index < -0.39 is 34.5 Å². The van der Waals surface area contributed by atoms with Gasteiger partial charge in [-0.2, -0.15) is 9.29 Å². The van der Waals surface area contributed by atoms with E-state index in [1.54, 1.807) is 30.3 Å². The number of anilines is 1. The number of carbonyl (C=O) groups excluding carboxylic acids is 2. The normalized spacial score (nSPS) is 11.5. The summed E-state index contributed by atoms with van der Waals surface area (Å²) in [5.74, 6) is -1.32. The lowest BCUT2D eigenvalue weighted by atomic mass is 10.1. The van der Waals surface area contributed by atoms with Crippen LogP contribution >= 0.6 is 12.8 Å². The Hall–Kier alpha value is -4.26. The molecule has 13 heteroatoms. The molecule has 0 fully saturated rings. The van der Waals surface area contributed by atoms with E-state index in [9.17, 15) is 27.6 Å². The molecule has 9 nitrogen and oxygen atoms in total. The van der Waals surface area contributed by atoms with Gasteiger partial charge >= 0.3 is 12.0 Å². The fraction of sp³-hybridized carbons (Fsp3) is 0.167. The van der Waals surface area contributed by atoms with Gasteiger partial charge in [-0.25, -0.2) is 4.79 Å². The molecule has 2 heterocycles. The lowest BCUT2D eigenvalue weighted by molar-refractivity contribution is -0.207. The first-order chi connectivity index (χ1) is 17.4. The van der Waals surface area contributed by atoms with Gasteiger partial charge < -0.3 is 10.5 Å². The van der Waals surface area contributed by atoms with Crippen molar-refractivity contribution in [3.05, 3.63) is 82.0 Å². The molecule has 0 radical (unpaired) electrons. The van der Waals surface area contributed by atoms with Crippen LogP contribution in [-0.2, 0) is 11.2 Å². The summed E-state index contributed by atoms with van der Waals surface area (Å²) >= 11 is 3.28. The van der Waals surface area contributed by atoms with Gasteiger partial charge in [-0.15, -0.1) is 13.2 Å². The van der Waals surface area contributed by atoms with E-state index in [4.69, 9.17) is 10.5 Å². The Balaban J connectivity index is 1.77. The standard InChI is InChI=1S/C24H20F3N5O4S/c1-13-17(12-21(33)32(37)24(25,26)27)18-11-16(36-2)7-8-19(18)31(13)22(34)14-3-5-15(6-4-14)30-10-9-20(28)29-23(30)35/h3-11,37H,12H2,1-2H3,(H2,28,29,35). The maximum absolute atomic E-state index is 13.5. The highest BCUT2D eigenvalue weighted by Crippen LogP contribution is 2.32. The van der Waals surface area contributed by atoms with Crippen LogP contribution in [-0.4, -0.2) is 43.6 Å². The Labute approximate surface area is 213 Å². The van der Waals surface area contributed by atoms with Gasteiger partial charge in [0, 0.05) is 22.8 Å². The van der Waals surface area contributed by atoms with Gasteiger partial charge in [-0.3, -0.25) is 18.7 Å². The molecule has 0 spiro atoms. The summed E-state index contributed by atoms with van der Waals surface area (Å²) < 4.78 is 46.2. The molecule has 2 aromatic carbocycles. The molecule has 0 unspecified atom stereocenters. The van der Waals surface area contributed by atoms with Gasteiger partial charge in [-0.1, -0.05) is 12.8 Å². The molecule has 0 atom stereocenters. The van der Waals surface area contributed by atoms with Gasteiger partial charge in [0.1, 0.15) is 11.6 Å². The predicted molar refractivity (Wildman–Crippen MR) is 133 cm³/mol. The van der Waals surface area contributed by atoms with Crippen LogP contribution in [0.25, 0.3) is 16.6 Å². The fourth-order valence-electron chi connectivity index (χ4n) is 3.95. The predicted octanol–water partition coefficient (Wildman–Crippen LogP) is 3.51. The number of amides is 1. The largest absolute Gasteiger partial charge is 0.497 e. The topological polar surface area (TPSA) is 112 Å². The molecule has 0 saturated heterocycles. The molecule has 37 heavy (non-hydrogen) atoms. The Kier molecular flexibility index (Phi) is 6.74. The minimum atomic E-state index is -4.97. The van der Waals surface area contributed by atoms with E-state index in [-0.39, 0.29) is 22.6 Å². The van der Waals surface area contributed by atoms with Crippen LogP contribution in [0.5, 0.6) is 5.75 Å². The number of hydrogen-bond donors (Lipinski definition) is 2. The molecule has 4 aromatic rings. The Morgan fingerprint density at radius 1 is 1.14 bits per heavy atom. The molecule has 0 bridgehead atoms. The van der Waals surface area contributed by atoms with Crippen molar-refractivity contribution in [2.24, 2.45) is 0 Å². The summed E-state index contributed by atoms with van der Waals surface area (Å²) in [6.07, 6.45) is -4.16. The minimum Gasteiger partial charge on any atom is -0.497 e. The van der Waals surface area contributed by atoms with Crippen molar-refractivity contribution in [1.82, 2.24) is 18.4 Å². The molecular formula is C24H20F3N5O4S. The number of ether oxygens (including phenoxy) is 1. The van der Waals surface area contributed by atoms with Crippen molar-refractivity contribution in [3.63, 3.8) is 0 Å². The number of carbonyl (C=O) groups is 2. The number of methoxy groups -OCH3 is 1. The Morgan fingerprint density at radius 2 is 1.81 bits per heavy atom. The second-order valence-corrected chi connectivity index (χ2v) is 8.39. The van der Waals surface area contributed by atoms with E-state index in [0.717, 1.165) is 0 Å². The van der Waals surface area contributed by atoms with E-state index in [2.05, 4.69) is 17.8 Å². The van der Waals surface area contributed by atoms with Crippen LogP contribution in [0.4, 0.5) is 19.0 Å². The maximum Gasteiger partial charge on any atom is 0.496 e. The number of rotatable bonds is 5. The number of nitrogen functional groups attached to an aromatic ring is 1. The number of fused-ring (bicyclic) bond motifs is 1. The van der Waals surface area contributed by atoms with E-state index >= 15 is 0 Å². The summed E-state index contributed by atoms with van der Waals surface area (Å²) in [5, 5.41) is 0.388. The third kappa shape index (κ3) is 4.89. The number of nitrogens with two attached hydrogens (primary N) is 1. The number of alkyl halides is 3. The van der Waals surface area contributed by atoms with Gasteiger partial charge in [0.25, 0.3) is 5.91 Å². The zero-order valence-corrected chi connectivity index (χ0v) is 20.4. The number of benzene rings is 2. The Morgan fingerprint density at radius 3 is 2.41 bits per heavy atom. The van der Waals surface area contributed by atoms with Gasteiger partial charge in [0.15, 0.2) is 0 Å². The second kappa shape index (κ2) is 9.65. The van der Waals surface area contributed by atoms with Crippen molar-refractivity contribution in [1.29, 1.82) is 0 Å². The minimum absolute atomic E-state index is 0.0743. The number of hydrogen-bond acceptors (Lipinski definition) is 7. The molecule has 0 aliphatic carbocycles. The third-order valence-corrected chi connectivity index (χ3v) is 6.22. The summed E-state index contributed by atoms with van der Waals surface area (Å²) in [6, 6.07) is 12.3. The molecule has 0 saturated carbocycles. The lowest BCUT2D eigenvalue weighted by Crippen LogP contribution is -2.36. The molecule has 4 rings (SSSR count). The van der Waals surface area contributed by atoms with Crippen LogP contribution < -0.4 is 16.2 Å². The number of aromatic nitrogens is 3. The maximum atomic E-state index is 13.5. The first-order valence-electron chi connectivity index (χ1n) is 10.7. The lowest BCUT2D eigenvalue weighted by Gasteiger charge is -2.18. The van der Waals surface area contributed by atoms with Gasteiger partial charge in [0.05, 0.1) is 24.7 Å². The van der Waals surface area contributed by atoms with Gasteiger partial charge in [-0.05, 0) is 61.0 Å². The first kappa shape index (κ1) is 25.8. The Bertz CT molecular complexity index is 1580. The van der Waals surface area contributed by atoms with Gasteiger partial charge in [0.2, 0.25) is 5.91 Å². The number of halogens is 3. The summed E-state index contributed by atoms with van der Waals surface area (Å²) in [4.78, 5) is 41.6. The van der Waals surface area contributed by atoms with Crippen molar-refractivity contribution in [2.75, 3.05) is 12.8 Å². The molecule has 2 aromatic heterocycles. The SMILES string of the molecule is COc1ccc2c(c1)c(CC(=O)N(S)C(F)(F)F)c(C)n2C(=O)c1ccc(-n2ccc(N)nc2=O)cc1. The molecule has 0 aliphatic rings. The van der Waals surface area contributed by atoms with Crippen LogP contribution in [0.15, 0.2) is 59.5 Å². The van der Waals surface area contributed by atoms with Crippen LogP contribution in [0, 0.1) is 6.92 Å². The highest BCUT2D eigenvalue weighted by molar-refractivity contribution is 7.78. The monoisotopic (exact) mass is 531 g/mol. The number of nitrogens with zero attached hydrogens (tertiary/aromatic N) is 4. The van der Waals surface area contributed by atoms with E-state index in [0.29, 0.717) is 22.3 Å². The molecule has 192 valence electrons. The van der Waals surface area contributed by atoms with Crippen molar-refractivity contribution in [3.8, 4) is 11.4 Å². The molecule has 2 N–H and O–H groups in total. The summed E-state index contributed by atoms with van der Waals surface area (Å²) in [6.45, 7) is 1.54. The third-order valence-electron chi connectivity index (χ3n) is 5.77. The quantitative estimate of drug-likeness (QED) is 0.301. The summed E-state index contributed by atoms with van der Waals surface area (Å²) in [5.41, 5.74) is 6.50. The zero-order chi connectivity index (χ0) is 27.1. The number of thiol groups is 1. The van der Waals surface area contributed by atoms with Crippen LogP contribution in [0.2, 0.25) is 0 Å². The smallest absolute Gasteiger partial charge is 0.496 e. The highest BCUT2D eigenvalue weighted by Gasteiger charge is 2.39. The zero-order valence-electron chi connectivity index (χ0n) is 19.5. The fourth-order valence-corrected chi connectivity index (χ4v) is 4.02. The van der Waals surface area contributed by atoms with Crippen molar-refractivity contribution in [2.45, 2.75) is 19.6 Å². The van der Waals surface area contributed by atoms with Crippen LogP contribution in [0.1, 0.15) is 21.6 Å². The van der Waals surface area contributed by atoms with Crippen molar-refractivity contribution >= 4 is 41.3 Å². The average molecular weight is 532 g/mol. The first-order valence-corrected chi connectivity index (χ1v) is 11.1. The summed E-state index contributed by atoms with van der Waals surface area (Å²) in [7, 11) is 1.42. The van der Waals surface area contributed by atoms with E-state index in [1.807, 2.05) is 0 Å². The van der Waals surface area contributed by atoms with Crippen molar-refractivity contribution < 1.29 is 27.5 Å². The molecule has 0 aliphatic heterocycles. The van der Waals surface area contributed by atoms with Crippen LogP contribution in [0.3, 0.4) is 0 Å². The van der Waals surface area contributed by atoms with E-state index in [1.165, 1.54) is 47.6 Å². The average Bonchev–Trinajstić information content (AvgIpc) is 3.12. The molecule has 1 amide bonds. The highest BCUT2D eigenvalue weighted by atomic mass is 32.1.